The summed E-state index contributed by atoms with van der Waals surface area (Å²) in [5.74, 6) is 2.38. The average molecular weight is 667 g/mol. The second kappa shape index (κ2) is 18.1. The standard InChI is InChI=1S/C41H46O8/c1-3-41(28-44-29-41)30-47-37-18-12-33(13-19-37)32-10-16-35(17-11-32)45-26-8-6-4-5-7-9-27-46-36-20-14-34(15-21-36)40(43)49-39-24-22-38(23-25-39)48-31(2)42/h10-25H,3-9,26-30H2,1-2H3. The molecule has 0 atom stereocenters. The van der Waals surface area contributed by atoms with Crippen LogP contribution < -0.4 is 23.7 Å². The van der Waals surface area contributed by atoms with E-state index in [0.29, 0.717) is 36.9 Å². The Bertz CT molecular complexity index is 1590. The summed E-state index contributed by atoms with van der Waals surface area (Å²) in [7, 11) is 0. The van der Waals surface area contributed by atoms with Crippen molar-refractivity contribution in [2.24, 2.45) is 5.41 Å². The minimum absolute atomic E-state index is 0.177. The molecule has 49 heavy (non-hydrogen) atoms. The molecule has 0 radical (unpaired) electrons. The number of unbranched alkanes of at least 4 members (excludes halogenated alkanes) is 5. The number of rotatable bonds is 19. The second-order valence-electron chi connectivity index (χ2n) is 12.5. The summed E-state index contributed by atoms with van der Waals surface area (Å²) in [6, 6.07) is 29.8. The first-order valence-electron chi connectivity index (χ1n) is 17.2. The highest BCUT2D eigenvalue weighted by Crippen LogP contribution is 2.32. The summed E-state index contributed by atoms with van der Waals surface area (Å²) < 4.78 is 33.6. The molecule has 0 bridgehead atoms. The minimum Gasteiger partial charge on any atom is -0.494 e. The molecule has 1 heterocycles. The molecule has 8 heteroatoms. The topological polar surface area (TPSA) is 89.5 Å². The zero-order chi connectivity index (χ0) is 34.3. The molecule has 1 aliphatic heterocycles. The number of esters is 2. The molecule has 1 saturated heterocycles. The van der Waals surface area contributed by atoms with Crippen molar-refractivity contribution in [2.75, 3.05) is 33.0 Å². The molecule has 4 aromatic carbocycles. The van der Waals surface area contributed by atoms with Crippen molar-refractivity contribution in [3.8, 4) is 39.9 Å². The predicted octanol–water partition coefficient (Wildman–Crippen LogP) is 9.10. The molecule has 0 aromatic heterocycles. The molecule has 0 N–H and O–H groups in total. The highest BCUT2D eigenvalue weighted by atomic mass is 16.5. The van der Waals surface area contributed by atoms with Gasteiger partial charge >= 0.3 is 11.9 Å². The highest BCUT2D eigenvalue weighted by molar-refractivity contribution is 5.91. The number of hydrogen-bond acceptors (Lipinski definition) is 8. The minimum atomic E-state index is -0.473. The van der Waals surface area contributed by atoms with Crippen LogP contribution in [-0.2, 0) is 9.53 Å². The summed E-state index contributed by atoms with van der Waals surface area (Å²) in [4.78, 5) is 23.5. The fourth-order valence-electron chi connectivity index (χ4n) is 5.39. The Balaban J connectivity index is 0.887. The van der Waals surface area contributed by atoms with E-state index in [9.17, 15) is 9.59 Å². The second-order valence-corrected chi connectivity index (χ2v) is 12.5. The van der Waals surface area contributed by atoms with Gasteiger partial charge < -0.3 is 28.4 Å². The van der Waals surface area contributed by atoms with Crippen LogP contribution in [0.1, 0.15) is 69.2 Å². The molecule has 8 nitrogen and oxygen atoms in total. The van der Waals surface area contributed by atoms with Gasteiger partial charge in [0.15, 0.2) is 0 Å². The zero-order valence-corrected chi connectivity index (χ0v) is 28.5. The van der Waals surface area contributed by atoms with Crippen molar-refractivity contribution in [2.45, 2.75) is 58.8 Å². The first-order chi connectivity index (χ1) is 23.9. The molecule has 4 aromatic rings. The Kier molecular flexibility index (Phi) is 13.1. The van der Waals surface area contributed by atoms with Crippen molar-refractivity contribution in [3.05, 3.63) is 103 Å². The molecular formula is C41H46O8. The smallest absolute Gasteiger partial charge is 0.343 e. The number of carbonyl (C=O) groups is 2. The maximum atomic E-state index is 12.4. The van der Waals surface area contributed by atoms with Crippen LogP contribution in [0.3, 0.4) is 0 Å². The van der Waals surface area contributed by atoms with Gasteiger partial charge in [-0.05, 0) is 103 Å². The summed E-state index contributed by atoms with van der Waals surface area (Å²) in [5, 5.41) is 0. The first-order valence-corrected chi connectivity index (χ1v) is 17.2. The third kappa shape index (κ3) is 11.1. The van der Waals surface area contributed by atoms with Crippen LogP contribution in [0.25, 0.3) is 11.1 Å². The van der Waals surface area contributed by atoms with E-state index in [4.69, 9.17) is 28.4 Å². The molecule has 5 rings (SSSR count). The van der Waals surface area contributed by atoms with Gasteiger partial charge in [-0.1, -0.05) is 56.9 Å². The van der Waals surface area contributed by atoms with E-state index < -0.39 is 11.9 Å². The quantitative estimate of drug-likeness (QED) is 0.0556. The number of carbonyl (C=O) groups excluding carboxylic acids is 2. The van der Waals surface area contributed by atoms with Gasteiger partial charge in [0.05, 0.1) is 44.0 Å². The first kappa shape index (κ1) is 35.5. The Morgan fingerprint density at radius 1 is 0.571 bits per heavy atom. The Hall–Kier alpha value is -4.82. The van der Waals surface area contributed by atoms with Gasteiger partial charge in [0.2, 0.25) is 0 Å². The lowest BCUT2D eigenvalue weighted by Gasteiger charge is -2.40. The Morgan fingerprint density at radius 2 is 1.00 bits per heavy atom. The van der Waals surface area contributed by atoms with Crippen LogP contribution in [0.15, 0.2) is 97.1 Å². The van der Waals surface area contributed by atoms with Crippen LogP contribution in [0, 0.1) is 5.41 Å². The maximum absolute atomic E-state index is 12.4. The van der Waals surface area contributed by atoms with Crippen molar-refractivity contribution < 1.29 is 38.0 Å². The number of benzene rings is 4. The molecule has 0 saturated carbocycles. The van der Waals surface area contributed by atoms with Crippen molar-refractivity contribution in [3.63, 3.8) is 0 Å². The van der Waals surface area contributed by atoms with E-state index in [-0.39, 0.29) is 5.41 Å². The lowest BCUT2D eigenvalue weighted by atomic mass is 9.84. The lowest BCUT2D eigenvalue weighted by Crippen LogP contribution is -2.46. The van der Waals surface area contributed by atoms with Gasteiger partial charge in [0.25, 0.3) is 0 Å². The molecule has 0 unspecified atom stereocenters. The number of ether oxygens (including phenoxy) is 6. The Labute approximate surface area is 289 Å². The average Bonchev–Trinajstić information content (AvgIpc) is 3.10. The molecule has 0 amide bonds. The molecular weight excluding hydrogens is 620 g/mol. The summed E-state index contributed by atoms with van der Waals surface area (Å²) >= 11 is 0. The van der Waals surface area contributed by atoms with Crippen LogP contribution in [0.2, 0.25) is 0 Å². The van der Waals surface area contributed by atoms with E-state index in [0.717, 1.165) is 80.1 Å². The zero-order valence-electron chi connectivity index (χ0n) is 28.5. The van der Waals surface area contributed by atoms with Crippen molar-refractivity contribution in [1.29, 1.82) is 0 Å². The van der Waals surface area contributed by atoms with Crippen LogP contribution >= 0.6 is 0 Å². The fraction of sp³-hybridized carbons (Fsp3) is 0.366. The third-order valence-electron chi connectivity index (χ3n) is 8.62. The predicted molar refractivity (Wildman–Crippen MR) is 189 cm³/mol. The normalized spacial score (nSPS) is 13.2. The molecule has 258 valence electrons. The molecule has 1 fully saturated rings. The fourth-order valence-corrected chi connectivity index (χ4v) is 5.39. The molecule has 1 aliphatic rings. The van der Waals surface area contributed by atoms with Crippen LogP contribution in [-0.4, -0.2) is 45.0 Å². The maximum Gasteiger partial charge on any atom is 0.343 e. The van der Waals surface area contributed by atoms with Gasteiger partial charge in [-0.15, -0.1) is 0 Å². The molecule has 0 spiro atoms. The van der Waals surface area contributed by atoms with Gasteiger partial charge in [-0.2, -0.15) is 0 Å². The summed E-state index contributed by atoms with van der Waals surface area (Å²) in [5.41, 5.74) is 2.90. The van der Waals surface area contributed by atoms with E-state index in [1.165, 1.54) is 13.3 Å². The third-order valence-corrected chi connectivity index (χ3v) is 8.62. The number of hydrogen-bond donors (Lipinski definition) is 0. The van der Waals surface area contributed by atoms with E-state index in [1.807, 2.05) is 24.3 Å². The van der Waals surface area contributed by atoms with Gasteiger partial charge in [-0.25, -0.2) is 4.79 Å². The monoisotopic (exact) mass is 666 g/mol. The summed E-state index contributed by atoms with van der Waals surface area (Å²) in [6.45, 7) is 7.14. The SMILES string of the molecule is CCC1(COc2ccc(-c3ccc(OCCCCCCCCOc4ccc(C(=O)Oc5ccc(OC(C)=O)cc5)cc4)cc3)cc2)COC1. The lowest BCUT2D eigenvalue weighted by molar-refractivity contribution is -0.133. The van der Waals surface area contributed by atoms with E-state index in [1.54, 1.807) is 48.5 Å². The Morgan fingerprint density at radius 3 is 1.45 bits per heavy atom. The van der Waals surface area contributed by atoms with Crippen molar-refractivity contribution >= 4 is 11.9 Å². The van der Waals surface area contributed by atoms with Crippen molar-refractivity contribution in [1.82, 2.24) is 0 Å². The van der Waals surface area contributed by atoms with E-state index >= 15 is 0 Å². The van der Waals surface area contributed by atoms with Gasteiger partial charge in [-0.3, -0.25) is 4.79 Å². The van der Waals surface area contributed by atoms with Gasteiger partial charge in [0, 0.05) is 6.92 Å². The van der Waals surface area contributed by atoms with Crippen LogP contribution in [0.4, 0.5) is 0 Å². The highest BCUT2D eigenvalue weighted by Gasteiger charge is 2.37. The largest absolute Gasteiger partial charge is 0.494 e. The van der Waals surface area contributed by atoms with E-state index in [2.05, 4.69) is 31.2 Å². The van der Waals surface area contributed by atoms with Gasteiger partial charge in [0.1, 0.15) is 28.7 Å². The summed E-state index contributed by atoms with van der Waals surface area (Å²) in [6.07, 6.45) is 7.62. The molecule has 0 aliphatic carbocycles. The van der Waals surface area contributed by atoms with Crippen LogP contribution in [0.5, 0.6) is 28.7 Å².